The van der Waals surface area contributed by atoms with E-state index in [0.29, 0.717) is 12.5 Å². The fourth-order valence-corrected chi connectivity index (χ4v) is 3.02. The van der Waals surface area contributed by atoms with Crippen LogP contribution in [0.1, 0.15) is 18.4 Å². The molecular weight excluding hydrogens is 252 g/mol. The predicted octanol–water partition coefficient (Wildman–Crippen LogP) is 2.25. The van der Waals surface area contributed by atoms with Crippen LogP contribution in [0.5, 0.6) is 0 Å². The van der Waals surface area contributed by atoms with Gasteiger partial charge in [0.15, 0.2) is 0 Å². The lowest BCUT2D eigenvalue weighted by Crippen LogP contribution is -2.51. The van der Waals surface area contributed by atoms with Crippen LogP contribution in [-0.4, -0.2) is 37.2 Å². The maximum atomic E-state index is 12.1. The van der Waals surface area contributed by atoms with Crippen molar-refractivity contribution < 1.29 is 9.53 Å². The van der Waals surface area contributed by atoms with E-state index in [1.165, 1.54) is 6.42 Å². The molecule has 2 heterocycles. The highest BCUT2D eigenvalue weighted by molar-refractivity contribution is 5.67. The average molecular weight is 274 g/mol. The van der Waals surface area contributed by atoms with E-state index in [1.807, 2.05) is 35.2 Å². The third kappa shape index (κ3) is 3.12. The first-order valence-corrected chi connectivity index (χ1v) is 7.49. The zero-order valence-corrected chi connectivity index (χ0v) is 11.8. The molecule has 1 amide bonds. The number of benzene rings is 1. The molecule has 20 heavy (non-hydrogen) atoms. The van der Waals surface area contributed by atoms with Gasteiger partial charge in [-0.2, -0.15) is 0 Å². The van der Waals surface area contributed by atoms with Crippen molar-refractivity contribution in [1.82, 2.24) is 10.2 Å². The van der Waals surface area contributed by atoms with Gasteiger partial charge in [0.2, 0.25) is 0 Å². The molecule has 1 aromatic carbocycles. The number of carbonyl (C=O) groups excluding carboxylic acids is 1. The van der Waals surface area contributed by atoms with Crippen LogP contribution in [0.15, 0.2) is 30.3 Å². The topological polar surface area (TPSA) is 41.6 Å². The SMILES string of the molecule is O=C(OCc1ccccc1)N1CCCC(C2CNC2)C1. The fourth-order valence-electron chi connectivity index (χ4n) is 3.02. The summed E-state index contributed by atoms with van der Waals surface area (Å²) in [4.78, 5) is 14.0. The van der Waals surface area contributed by atoms with Crippen molar-refractivity contribution in [2.75, 3.05) is 26.2 Å². The molecule has 1 atom stereocenters. The Bertz CT molecular complexity index is 445. The van der Waals surface area contributed by atoms with Gasteiger partial charge in [0.05, 0.1) is 0 Å². The summed E-state index contributed by atoms with van der Waals surface area (Å²) in [7, 11) is 0. The zero-order chi connectivity index (χ0) is 13.8. The van der Waals surface area contributed by atoms with Gasteiger partial charge in [-0.3, -0.25) is 0 Å². The predicted molar refractivity (Wildman–Crippen MR) is 77.3 cm³/mol. The molecule has 1 aromatic rings. The highest BCUT2D eigenvalue weighted by Gasteiger charge is 2.32. The van der Waals surface area contributed by atoms with Crippen molar-refractivity contribution >= 4 is 6.09 Å². The molecule has 2 saturated heterocycles. The van der Waals surface area contributed by atoms with E-state index in [-0.39, 0.29) is 6.09 Å². The zero-order valence-electron chi connectivity index (χ0n) is 11.8. The van der Waals surface area contributed by atoms with Gasteiger partial charge < -0.3 is 15.0 Å². The second kappa shape index (κ2) is 6.27. The maximum Gasteiger partial charge on any atom is 0.410 e. The van der Waals surface area contributed by atoms with Crippen molar-refractivity contribution in [3.63, 3.8) is 0 Å². The first-order chi connectivity index (χ1) is 9.83. The second-order valence-corrected chi connectivity index (χ2v) is 5.81. The highest BCUT2D eigenvalue weighted by atomic mass is 16.6. The number of carbonyl (C=O) groups is 1. The molecule has 0 bridgehead atoms. The van der Waals surface area contributed by atoms with Crippen LogP contribution in [0.4, 0.5) is 4.79 Å². The Balaban J connectivity index is 1.49. The summed E-state index contributed by atoms with van der Waals surface area (Å²) in [5, 5.41) is 3.31. The Kier molecular flexibility index (Phi) is 4.21. The number of hydrogen-bond donors (Lipinski definition) is 1. The molecule has 0 saturated carbocycles. The smallest absolute Gasteiger partial charge is 0.410 e. The lowest BCUT2D eigenvalue weighted by Gasteiger charge is -2.40. The van der Waals surface area contributed by atoms with Crippen LogP contribution in [0, 0.1) is 11.8 Å². The molecule has 2 fully saturated rings. The van der Waals surface area contributed by atoms with Crippen LogP contribution < -0.4 is 5.32 Å². The molecule has 0 aromatic heterocycles. The van der Waals surface area contributed by atoms with Gasteiger partial charge in [0, 0.05) is 13.1 Å². The van der Waals surface area contributed by atoms with Crippen molar-refractivity contribution in [3.8, 4) is 0 Å². The minimum Gasteiger partial charge on any atom is -0.445 e. The number of hydrogen-bond acceptors (Lipinski definition) is 3. The van der Waals surface area contributed by atoms with E-state index in [9.17, 15) is 4.79 Å². The van der Waals surface area contributed by atoms with Gasteiger partial charge in [0.25, 0.3) is 0 Å². The van der Waals surface area contributed by atoms with Gasteiger partial charge in [0.1, 0.15) is 6.61 Å². The third-order valence-corrected chi connectivity index (χ3v) is 4.40. The minimum atomic E-state index is -0.161. The van der Waals surface area contributed by atoms with E-state index in [0.717, 1.165) is 44.1 Å². The van der Waals surface area contributed by atoms with E-state index in [2.05, 4.69) is 5.32 Å². The molecule has 1 unspecified atom stereocenters. The Morgan fingerprint density at radius 2 is 2.05 bits per heavy atom. The van der Waals surface area contributed by atoms with E-state index in [1.54, 1.807) is 0 Å². The van der Waals surface area contributed by atoms with Gasteiger partial charge in [-0.15, -0.1) is 0 Å². The van der Waals surface area contributed by atoms with Crippen LogP contribution in [-0.2, 0) is 11.3 Å². The quantitative estimate of drug-likeness (QED) is 0.919. The largest absolute Gasteiger partial charge is 0.445 e. The average Bonchev–Trinajstić information content (AvgIpc) is 2.44. The van der Waals surface area contributed by atoms with Gasteiger partial charge >= 0.3 is 6.09 Å². The summed E-state index contributed by atoms with van der Waals surface area (Å²) >= 11 is 0. The third-order valence-electron chi connectivity index (χ3n) is 4.40. The van der Waals surface area contributed by atoms with Gasteiger partial charge in [-0.05, 0) is 43.3 Å². The summed E-state index contributed by atoms with van der Waals surface area (Å²) in [6.45, 7) is 4.28. The molecule has 0 radical (unpaired) electrons. The molecule has 2 aliphatic heterocycles. The molecule has 0 spiro atoms. The lowest BCUT2D eigenvalue weighted by atomic mass is 9.82. The summed E-state index contributed by atoms with van der Waals surface area (Å²) in [5.41, 5.74) is 1.04. The molecule has 0 aliphatic carbocycles. The first-order valence-electron chi connectivity index (χ1n) is 7.49. The fraction of sp³-hybridized carbons (Fsp3) is 0.562. The summed E-state index contributed by atoms with van der Waals surface area (Å²) in [5.74, 6) is 1.40. The normalized spacial score (nSPS) is 23.2. The van der Waals surface area contributed by atoms with Crippen LogP contribution in [0.25, 0.3) is 0 Å². The van der Waals surface area contributed by atoms with Gasteiger partial charge in [-0.1, -0.05) is 30.3 Å². The Hall–Kier alpha value is -1.55. The van der Waals surface area contributed by atoms with Crippen LogP contribution in [0.3, 0.4) is 0 Å². The molecule has 4 nitrogen and oxygen atoms in total. The summed E-state index contributed by atoms with van der Waals surface area (Å²) in [6, 6.07) is 9.85. The monoisotopic (exact) mass is 274 g/mol. The first kappa shape index (κ1) is 13.4. The van der Waals surface area contributed by atoms with Crippen molar-refractivity contribution in [3.05, 3.63) is 35.9 Å². The molecular formula is C16H22N2O2. The molecule has 1 N–H and O–H groups in total. The number of likely N-dealkylation sites (tertiary alicyclic amines) is 1. The number of nitrogens with one attached hydrogen (secondary N) is 1. The van der Waals surface area contributed by atoms with E-state index < -0.39 is 0 Å². The number of ether oxygens (including phenoxy) is 1. The molecule has 4 heteroatoms. The lowest BCUT2D eigenvalue weighted by molar-refractivity contribution is 0.0630. The second-order valence-electron chi connectivity index (χ2n) is 5.81. The number of piperidine rings is 1. The highest BCUT2D eigenvalue weighted by Crippen LogP contribution is 2.26. The minimum absolute atomic E-state index is 0.161. The Labute approximate surface area is 120 Å². The van der Waals surface area contributed by atoms with Crippen molar-refractivity contribution in [2.24, 2.45) is 11.8 Å². The standard InChI is InChI=1S/C16H22N2O2/c19-16(20-12-13-5-2-1-3-6-13)18-8-4-7-14(11-18)15-9-17-10-15/h1-3,5-6,14-15,17H,4,7-12H2. The Morgan fingerprint density at radius 3 is 2.75 bits per heavy atom. The summed E-state index contributed by atoms with van der Waals surface area (Å²) in [6.07, 6.45) is 2.18. The number of nitrogens with zero attached hydrogens (tertiary/aromatic N) is 1. The Morgan fingerprint density at radius 1 is 1.25 bits per heavy atom. The van der Waals surface area contributed by atoms with Crippen molar-refractivity contribution in [2.45, 2.75) is 19.4 Å². The number of amides is 1. The van der Waals surface area contributed by atoms with Crippen LogP contribution in [0.2, 0.25) is 0 Å². The molecule has 3 rings (SSSR count). The van der Waals surface area contributed by atoms with Crippen molar-refractivity contribution in [1.29, 1.82) is 0 Å². The maximum absolute atomic E-state index is 12.1. The molecule has 2 aliphatic rings. The summed E-state index contributed by atoms with van der Waals surface area (Å²) < 4.78 is 5.42. The van der Waals surface area contributed by atoms with E-state index >= 15 is 0 Å². The molecule has 108 valence electrons. The van der Waals surface area contributed by atoms with Crippen LogP contribution >= 0.6 is 0 Å². The van der Waals surface area contributed by atoms with E-state index in [4.69, 9.17) is 4.74 Å². The van der Waals surface area contributed by atoms with Gasteiger partial charge in [-0.25, -0.2) is 4.79 Å². The number of rotatable bonds is 3.